The van der Waals surface area contributed by atoms with Crippen LogP contribution in [0, 0.1) is 17.8 Å². The van der Waals surface area contributed by atoms with Crippen molar-refractivity contribution in [2.45, 2.75) is 204 Å². The van der Waals surface area contributed by atoms with Gasteiger partial charge < -0.3 is 69.5 Å². The summed E-state index contributed by atoms with van der Waals surface area (Å²) in [5.41, 5.74) is -4.75. The molecule has 0 radical (unpaired) electrons. The molecule has 0 bridgehead atoms. The van der Waals surface area contributed by atoms with Gasteiger partial charge in [-0.2, -0.15) is 0 Å². The van der Waals surface area contributed by atoms with Crippen LogP contribution in [0.15, 0.2) is 0 Å². The lowest BCUT2D eigenvalue weighted by Gasteiger charge is -2.49. The van der Waals surface area contributed by atoms with Crippen molar-refractivity contribution in [3.8, 4) is 0 Å². The Morgan fingerprint density at radius 1 is 0.965 bits per heavy atom. The predicted molar refractivity (Wildman–Crippen MR) is 216 cm³/mol. The Morgan fingerprint density at radius 2 is 1.63 bits per heavy atom. The Hall–Kier alpha value is -1.05. The number of rotatable bonds is 13. The highest BCUT2D eigenvalue weighted by Crippen LogP contribution is 2.39. The van der Waals surface area contributed by atoms with E-state index in [2.05, 4.69) is 17.6 Å². The van der Waals surface area contributed by atoms with Gasteiger partial charge in [0.2, 0.25) is 0 Å². The monoisotopic (exact) mass is 820 g/mol. The molecular formula is C42H81N3O12. The molecule has 3 aliphatic heterocycles. The molecule has 18 atom stereocenters. The van der Waals surface area contributed by atoms with E-state index in [0.717, 1.165) is 25.8 Å². The molecule has 15 nitrogen and oxygen atoms in total. The van der Waals surface area contributed by atoms with E-state index in [1.807, 2.05) is 39.8 Å². The van der Waals surface area contributed by atoms with Crippen LogP contribution >= 0.6 is 0 Å². The fraction of sp³-hybridized carbons (Fsp3) is 0.976. The summed E-state index contributed by atoms with van der Waals surface area (Å²) in [6, 6.07) is -0.582. The van der Waals surface area contributed by atoms with E-state index >= 15 is 0 Å². The molecule has 3 aliphatic rings. The fourth-order valence-corrected chi connectivity index (χ4v) is 9.23. The highest BCUT2D eigenvalue weighted by atomic mass is 16.7. The minimum Gasteiger partial charge on any atom is -0.459 e. The first-order valence-corrected chi connectivity index (χ1v) is 21.5. The zero-order valence-corrected chi connectivity index (χ0v) is 37.3. The number of carbonyl (C=O) groups is 1. The molecule has 3 fully saturated rings. The quantitative estimate of drug-likeness (QED) is 0.105. The predicted octanol–water partition coefficient (Wildman–Crippen LogP) is 2.32. The van der Waals surface area contributed by atoms with Gasteiger partial charge in [0.15, 0.2) is 12.6 Å². The standard InChI is InChI=1S/C42H81N3O12/c1-14-16-17-18-43-23-42(51)29(8)54-33(20-32(42)52-13)56-35-27(6)37(57-39-34(46)30(45(11)12)19-26(5)53-39)40(9,49)21-25(4)44-22-24(3)36(47)41(10,50)31(15-2)55-38(48)28(35)7/h24-37,39,43-44,46-47,49-51H,14-23H2,1-13H3/t24-,25-,26-,27-,28-,29+,30+,31+,32-,33+,34-,35-,36+,37-,39+,40-,41-,42+/m1/s1. The van der Waals surface area contributed by atoms with Crippen LogP contribution in [0.25, 0.3) is 0 Å². The third-order valence-electron chi connectivity index (χ3n) is 12.9. The number of nitrogens with zero attached hydrogens (tertiary/aromatic N) is 1. The molecule has 0 aromatic heterocycles. The number of aliphatic hydroxyl groups excluding tert-OH is 2. The first-order chi connectivity index (χ1) is 26.5. The number of hydrogen-bond acceptors (Lipinski definition) is 15. The zero-order chi connectivity index (χ0) is 43.0. The summed E-state index contributed by atoms with van der Waals surface area (Å²) in [5.74, 6) is -2.93. The third kappa shape index (κ3) is 12.5. The molecule has 0 saturated carbocycles. The van der Waals surface area contributed by atoms with Crippen LogP contribution in [0.3, 0.4) is 0 Å². The van der Waals surface area contributed by atoms with Crippen molar-refractivity contribution in [2.75, 3.05) is 40.8 Å². The van der Waals surface area contributed by atoms with E-state index in [0.29, 0.717) is 13.0 Å². The lowest BCUT2D eigenvalue weighted by molar-refractivity contribution is -0.319. The van der Waals surface area contributed by atoms with Crippen molar-refractivity contribution < 1.29 is 58.7 Å². The van der Waals surface area contributed by atoms with Crippen LogP contribution in [-0.4, -0.2) is 168 Å². The number of cyclic esters (lactones) is 1. The maximum Gasteiger partial charge on any atom is 0.311 e. The Labute approximate surface area is 342 Å². The molecule has 0 spiro atoms. The molecule has 0 aromatic carbocycles. The molecule has 3 heterocycles. The average Bonchev–Trinajstić information content (AvgIpc) is 3.14. The van der Waals surface area contributed by atoms with E-state index in [9.17, 15) is 30.3 Å². The van der Waals surface area contributed by atoms with Crippen molar-refractivity contribution in [2.24, 2.45) is 17.8 Å². The Balaban J connectivity index is 2.10. The van der Waals surface area contributed by atoms with Gasteiger partial charge in [-0.15, -0.1) is 0 Å². The SMILES string of the molecule is CCCCCNC[C@]1(O)[C@H](C)O[C@@H](O[C@@H]2[C@@H](C)[C@@H](O[C@@H]3O[C@H](C)C[C@H](N(C)C)[C@H]3O)[C@](C)(O)C[C@@H](C)NC[C@@H](C)[C@H](O)[C@](C)(O)[C@H](CC)OC(=O)[C@@H]2C)C[C@H]1OC. The average molecular weight is 820 g/mol. The molecule has 0 amide bonds. The van der Waals surface area contributed by atoms with Gasteiger partial charge in [0.05, 0.1) is 48.1 Å². The van der Waals surface area contributed by atoms with E-state index in [-0.39, 0.29) is 44.0 Å². The van der Waals surface area contributed by atoms with Crippen molar-refractivity contribution >= 4 is 5.97 Å². The molecular weight excluding hydrogens is 738 g/mol. The van der Waals surface area contributed by atoms with E-state index < -0.39 is 95.8 Å². The number of aliphatic hydroxyl groups is 5. The van der Waals surface area contributed by atoms with Gasteiger partial charge in [-0.3, -0.25) is 4.79 Å². The van der Waals surface area contributed by atoms with Crippen molar-refractivity contribution in [3.05, 3.63) is 0 Å². The van der Waals surface area contributed by atoms with E-state index in [1.54, 1.807) is 34.6 Å². The number of likely N-dealkylation sites (N-methyl/N-ethyl adjacent to an activating group) is 1. The van der Waals surface area contributed by atoms with E-state index in [4.69, 9.17) is 28.4 Å². The maximum atomic E-state index is 14.3. The first-order valence-electron chi connectivity index (χ1n) is 21.5. The summed E-state index contributed by atoms with van der Waals surface area (Å²) in [4.78, 5) is 16.2. The molecule has 15 heteroatoms. The highest BCUT2D eigenvalue weighted by Gasteiger charge is 2.53. The minimum absolute atomic E-state index is 0.130. The Bertz CT molecular complexity index is 1210. The van der Waals surface area contributed by atoms with Gasteiger partial charge >= 0.3 is 5.97 Å². The van der Waals surface area contributed by atoms with Gasteiger partial charge in [-0.1, -0.05) is 40.5 Å². The van der Waals surface area contributed by atoms with Gasteiger partial charge in [0.25, 0.3) is 0 Å². The Kier molecular flexibility index (Phi) is 19.1. The largest absolute Gasteiger partial charge is 0.459 e. The smallest absolute Gasteiger partial charge is 0.311 e. The van der Waals surface area contributed by atoms with Crippen molar-refractivity contribution in [1.29, 1.82) is 0 Å². The summed E-state index contributed by atoms with van der Waals surface area (Å²) >= 11 is 0. The second-order valence-electron chi connectivity index (χ2n) is 18.3. The van der Waals surface area contributed by atoms with Crippen molar-refractivity contribution in [1.82, 2.24) is 15.5 Å². The lowest BCUT2D eigenvalue weighted by atomic mass is 9.78. The lowest BCUT2D eigenvalue weighted by Crippen LogP contribution is -2.64. The van der Waals surface area contributed by atoms with Crippen molar-refractivity contribution in [3.63, 3.8) is 0 Å². The maximum absolute atomic E-state index is 14.3. The number of carbonyl (C=O) groups excluding carboxylic acids is 1. The highest BCUT2D eigenvalue weighted by molar-refractivity contribution is 5.73. The number of ether oxygens (including phenoxy) is 6. The number of unbranched alkanes of at least 4 members (excludes halogenated alkanes) is 2. The molecule has 336 valence electrons. The molecule has 7 N–H and O–H groups in total. The number of nitrogens with one attached hydrogen (secondary N) is 2. The van der Waals surface area contributed by atoms with Crippen LogP contribution in [-0.2, 0) is 33.2 Å². The van der Waals surface area contributed by atoms with Gasteiger partial charge in [-0.25, -0.2) is 0 Å². The topological polar surface area (TPSA) is 201 Å². The number of esters is 1. The summed E-state index contributed by atoms with van der Waals surface area (Å²) in [5, 5.41) is 65.8. The van der Waals surface area contributed by atoms with E-state index in [1.165, 1.54) is 14.0 Å². The van der Waals surface area contributed by atoms with Crippen LogP contribution in [0.4, 0.5) is 0 Å². The molecule has 57 heavy (non-hydrogen) atoms. The summed E-state index contributed by atoms with van der Waals surface area (Å²) in [7, 11) is 5.31. The first kappa shape index (κ1) is 50.3. The molecule has 0 aliphatic carbocycles. The zero-order valence-electron chi connectivity index (χ0n) is 37.3. The Morgan fingerprint density at radius 3 is 2.23 bits per heavy atom. The normalized spacial score (nSPS) is 45.9. The summed E-state index contributed by atoms with van der Waals surface area (Å²) in [6.45, 7) is 19.2. The molecule has 0 unspecified atom stereocenters. The van der Waals surface area contributed by atoms with Crippen LogP contribution in [0.5, 0.6) is 0 Å². The van der Waals surface area contributed by atoms with Gasteiger partial charge in [0, 0.05) is 44.6 Å². The van der Waals surface area contributed by atoms with Gasteiger partial charge in [0.1, 0.15) is 23.4 Å². The third-order valence-corrected chi connectivity index (χ3v) is 12.9. The fourth-order valence-electron chi connectivity index (χ4n) is 9.23. The summed E-state index contributed by atoms with van der Waals surface area (Å²) in [6.07, 6.45) is -5.00. The van der Waals surface area contributed by atoms with Crippen LogP contribution in [0.1, 0.15) is 114 Å². The molecule has 0 aromatic rings. The second-order valence-corrected chi connectivity index (χ2v) is 18.3. The number of methoxy groups -OCH3 is 1. The number of hydrogen-bond donors (Lipinski definition) is 7. The molecule has 3 saturated heterocycles. The summed E-state index contributed by atoms with van der Waals surface area (Å²) < 4.78 is 38.1. The van der Waals surface area contributed by atoms with Crippen LogP contribution in [0.2, 0.25) is 0 Å². The van der Waals surface area contributed by atoms with Gasteiger partial charge in [-0.05, 0) is 93.8 Å². The molecule has 3 rings (SSSR count). The second kappa shape index (κ2) is 21.7. The van der Waals surface area contributed by atoms with Crippen LogP contribution < -0.4 is 10.6 Å². The minimum atomic E-state index is -1.79.